The summed E-state index contributed by atoms with van der Waals surface area (Å²) in [5.74, 6) is 0.835. The van der Waals surface area contributed by atoms with Crippen molar-refractivity contribution in [1.82, 2.24) is 4.90 Å². The van der Waals surface area contributed by atoms with Crippen LogP contribution >= 0.6 is 15.9 Å². The van der Waals surface area contributed by atoms with Gasteiger partial charge in [0.2, 0.25) is 0 Å². The first-order chi connectivity index (χ1) is 8.68. The molecule has 1 N–H and O–H groups in total. The van der Waals surface area contributed by atoms with E-state index in [4.69, 9.17) is 0 Å². The smallest absolute Gasteiger partial charge is 0.0485 e. The molecule has 3 heteroatoms. The summed E-state index contributed by atoms with van der Waals surface area (Å²) in [5, 5.41) is 3.51. The van der Waals surface area contributed by atoms with Crippen molar-refractivity contribution in [2.75, 3.05) is 25.0 Å². The highest BCUT2D eigenvalue weighted by Crippen LogP contribution is 2.23. The summed E-state index contributed by atoms with van der Waals surface area (Å²) in [7, 11) is 0. The Labute approximate surface area is 119 Å². The van der Waals surface area contributed by atoms with E-state index < -0.39 is 0 Å². The number of benzene rings is 1. The van der Waals surface area contributed by atoms with Crippen LogP contribution in [0.4, 0.5) is 5.69 Å². The molecule has 1 aromatic carbocycles. The number of hydrogen-bond donors (Lipinski definition) is 1. The molecule has 1 saturated heterocycles. The second-order valence-electron chi connectivity index (χ2n) is 5.30. The van der Waals surface area contributed by atoms with Crippen LogP contribution < -0.4 is 5.32 Å². The Morgan fingerprint density at radius 1 is 1.33 bits per heavy atom. The van der Waals surface area contributed by atoms with Crippen LogP contribution in [0.5, 0.6) is 0 Å². The van der Waals surface area contributed by atoms with Gasteiger partial charge in [-0.15, -0.1) is 0 Å². The molecule has 1 heterocycles. The van der Waals surface area contributed by atoms with Crippen LogP contribution in [0.1, 0.15) is 26.7 Å². The molecule has 1 fully saturated rings. The van der Waals surface area contributed by atoms with Crippen molar-refractivity contribution >= 4 is 21.6 Å². The number of anilines is 1. The lowest BCUT2D eigenvalue weighted by Gasteiger charge is -2.38. The van der Waals surface area contributed by atoms with Gasteiger partial charge in [-0.2, -0.15) is 0 Å². The van der Waals surface area contributed by atoms with E-state index in [1.165, 1.54) is 25.1 Å². The molecule has 2 unspecified atom stereocenters. The normalized spacial score (nSPS) is 25.1. The Kier molecular flexibility index (Phi) is 5.07. The van der Waals surface area contributed by atoms with Crippen molar-refractivity contribution in [3.05, 3.63) is 28.7 Å². The average Bonchev–Trinajstić information content (AvgIpc) is 2.37. The number of nitrogens with one attached hydrogen (secondary N) is 1. The quantitative estimate of drug-likeness (QED) is 0.905. The van der Waals surface area contributed by atoms with Gasteiger partial charge < -0.3 is 5.32 Å². The summed E-state index contributed by atoms with van der Waals surface area (Å²) in [4.78, 5) is 2.61. The van der Waals surface area contributed by atoms with Crippen LogP contribution in [0.3, 0.4) is 0 Å². The van der Waals surface area contributed by atoms with Gasteiger partial charge in [-0.25, -0.2) is 0 Å². The lowest BCUT2D eigenvalue weighted by Crippen LogP contribution is -2.44. The molecule has 1 aliphatic heterocycles. The van der Waals surface area contributed by atoms with Crippen LogP contribution in [-0.2, 0) is 0 Å². The SMILES string of the molecule is CC1CCCN(CCNc2ccccc2Br)C1C. The summed E-state index contributed by atoms with van der Waals surface area (Å²) in [6.07, 6.45) is 2.73. The largest absolute Gasteiger partial charge is 0.383 e. The van der Waals surface area contributed by atoms with Gasteiger partial charge in [0, 0.05) is 29.3 Å². The second kappa shape index (κ2) is 6.58. The summed E-state index contributed by atoms with van der Waals surface area (Å²) in [6.45, 7) is 8.13. The highest BCUT2D eigenvalue weighted by Gasteiger charge is 2.23. The zero-order chi connectivity index (χ0) is 13.0. The Morgan fingerprint density at radius 2 is 2.11 bits per heavy atom. The number of likely N-dealkylation sites (tertiary alicyclic amines) is 1. The van der Waals surface area contributed by atoms with E-state index in [0.717, 1.165) is 29.5 Å². The fraction of sp³-hybridized carbons (Fsp3) is 0.600. The van der Waals surface area contributed by atoms with Crippen LogP contribution in [0.15, 0.2) is 28.7 Å². The Bertz CT molecular complexity index is 381. The van der Waals surface area contributed by atoms with Gasteiger partial charge in [0.1, 0.15) is 0 Å². The van der Waals surface area contributed by atoms with Crippen LogP contribution in [0.25, 0.3) is 0 Å². The van der Waals surface area contributed by atoms with Gasteiger partial charge in [0.15, 0.2) is 0 Å². The first-order valence-electron chi connectivity index (χ1n) is 6.91. The predicted octanol–water partition coefficient (Wildman–Crippen LogP) is 3.98. The van der Waals surface area contributed by atoms with Gasteiger partial charge in [0.25, 0.3) is 0 Å². The van der Waals surface area contributed by atoms with Crippen LogP contribution in [0, 0.1) is 5.92 Å². The molecular formula is C15H23BrN2. The number of hydrogen-bond acceptors (Lipinski definition) is 2. The maximum Gasteiger partial charge on any atom is 0.0485 e. The van der Waals surface area contributed by atoms with E-state index in [2.05, 4.69) is 58.2 Å². The van der Waals surface area contributed by atoms with E-state index in [1.807, 2.05) is 6.07 Å². The summed E-state index contributed by atoms with van der Waals surface area (Å²) >= 11 is 3.57. The molecule has 0 amide bonds. The van der Waals surface area contributed by atoms with Crippen molar-refractivity contribution in [2.24, 2.45) is 5.92 Å². The summed E-state index contributed by atoms with van der Waals surface area (Å²) < 4.78 is 1.14. The molecule has 2 nitrogen and oxygen atoms in total. The average molecular weight is 311 g/mol. The Hall–Kier alpha value is -0.540. The minimum absolute atomic E-state index is 0.722. The van der Waals surface area contributed by atoms with Crippen molar-refractivity contribution in [3.63, 3.8) is 0 Å². The van der Waals surface area contributed by atoms with Gasteiger partial charge in [0.05, 0.1) is 0 Å². The number of nitrogens with zero attached hydrogens (tertiary/aromatic N) is 1. The molecule has 0 aromatic heterocycles. The molecule has 0 aliphatic carbocycles. The zero-order valence-corrected chi connectivity index (χ0v) is 12.9. The van der Waals surface area contributed by atoms with Crippen molar-refractivity contribution in [1.29, 1.82) is 0 Å². The lowest BCUT2D eigenvalue weighted by atomic mass is 9.92. The highest BCUT2D eigenvalue weighted by molar-refractivity contribution is 9.10. The minimum Gasteiger partial charge on any atom is -0.383 e. The van der Waals surface area contributed by atoms with E-state index in [9.17, 15) is 0 Å². The highest BCUT2D eigenvalue weighted by atomic mass is 79.9. The predicted molar refractivity (Wildman–Crippen MR) is 82.1 cm³/mol. The third-order valence-corrected chi connectivity index (χ3v) is 4.78. The molecule has 18 heavy (non-hydrogen) atoms. The van der Waals surface area contributed by atoms with Crippen molar-refractivity contribution in [3.8, 4) is 0 Å². The molecule has 0 saturated carbocycles. The van der Waals surface area contributed by atoms with E-state index in [1.54, 1.807) is 0 Å². The third-order valence-electron chi connectivity index (χ3n) is 4.09. The first-order valence-corrected chi connectivity index (χ1v) is 7.70. The van der Waals surface area contributed by atoms with Crippen molar-refractivity contribution in [2.45, 2.75) is 32.7 Å². The maximum absolute atomic E-state index is 3.57. The topological polar surface area (TPSA) is 15.3 Å². The number of rotatable bonds is 4. The molecule has 0 radical (unpaired) electrons. The van der Waals surface area contributed by atoms with Crippen molar-refractivity contribution < 1.29 is 0 Å². The molecule has 2 atom stereocenters. The standard InChI is InChI=1S/C15H23BrN2/c1-12-6-5-10-18(13(12)2)11-9-17-15-8-4-3-7-14(15)16/h3-4,7-8,12-13,17H,5-6,9-11H2,1-2H3. The number of para-hydroxylation sites is 1. The van der Waals surface area contributed by atoms with Crippen LogP contribution in [-0.4, -0.2) is 30.6 Å². The maximum atomic E-state index is 3.57. The monoisotopic (exact) mass is 310 g/mol. The van der Waals surface area contributed by atoms with E-state index in [0.29, 0.717) is 0 Å². The number of piperidine rings is 1. The molecule has 2 rings (SSSR count). The Morgan fingerprint density at radius 3 is 2.89 bits per heavy atom. The van der Waals surface area contributed by atoms with Gasteiger partial charge in [-0.05, 0) is 60.3 Å². The van der Waals surface area contributed by atoms with Gasteiger partial charge in [-0.3, -0.25) is 4.90 Å². The first kappa shape index (κ1) is 13.9. The number of halogens is 1. The fourth-order valence-electron chi connectivity index (χ4n) is 2.68. The molecule has 100 valence electrons. The van der Waals surface area contributed by atoms with Crippen LogP contribution in [0.2, 0.25) is 0 Å². The summed E-state index contributed by atoms with van der Waals surface area (Å²) in [5.41, 5.74) is 1.19. The molecular weight excluding hydrogens is 288 g/mol. The minimum atomic E-state index is 0.722. The van der Waals surface area contributed by atoms with Gasteiger partial charge in [-0.1, -0.05) is 19.1 Å². The second-order valence-corrected chi connectivity index (χ2v) is 6.16. The summed E-state index contributed by atoms with van der Waals surface area (Å²) in [6, 6.07) is 9.03. The molecule has 1 aliphatic rings. The molecule has 1 aromatic rings. The molecule has 0 bridgehead atoms. The van der Waals surface area contributed by atoms with Gasteiger partial charge >= 0.3 is 0 Å². The molecule has 0 spiro atoms. The lowest BCUT2D eigenvalue weighted by molar-refractivity contribution is 0.119. The van der Waals surface area contributed by atoms with E-state index in [-0.39, 0.29) is 0 Å². The third kappa shape index (κ3) is 3.48. The van der Waals surface area contributed by atoms with E-state index >= 15 is 0 Å². The Balaban J connectivity index is 1.80. The fourth-order valence-corrected chi connectivity index (χ4v) is 3.10. The zero-order valence-electron chi connectivity index (χ0n) is 11.3.